The Morgan fingerprint density at radius 1 is 1.60 bits per heavy atom. The quantitative estimate of drug-likeness (QED) is 0.628. The molecule has 1 rings (SSSR count). The van der Waals surface area contributed by atoms with E-state index in [1.165, 1.54) is 0 Å². The van der Waals surface area contributed by atoms with Gasteiger partial charge in [0.25, 0.3) is 0 Å². The van der Waals surface area contributed by atoms with Gasteiger partial charge in [0.05, 0.1) is 11.6 Å². The van der Waals surface area contributed by atoms with Gasteiger partial charge in [-0.25, -0.2) is 0 Å². The minimum absolute atomic E-state index is 0.101. The average molecular weight is 312 g/mol. The van der Waals surface area contributed by atoms with Crippen molar-refractivity contribution in [3.63, 3.8) is 0 Å². The van der Waals surface area contributed by atoms with E-state index >= 15 is 0 Å². The van der Waals surface area contributed by atoms with E-state index in [4.69, 9.17) is 27.9 Å². The van der Waals surface area contributed by atoms with E-state index in [0.29, 0.717) is 15.8 Å². The second kappa shape index (κ2) is 5.73. The predicted molar refractivity (Wildman–Crippen MR) is 65.4 cm³/mol. The molecule has 0 saturated carbocycles. The lowest BCUT2D eigenvalue weighted by Crippen LogP contribution is -2.16. The number of halogens is 3. The molecule has 0 spiro atoms. The molecule has 5 heteroatoms. The third-order valence-corrected chi connectivity index (χ3v) is 3.30. The number of carbonyl (C=O) groups is 1. The van der Waals surface area contributed by atoms with Crippen molar-refractivity contribution in [1.82, 2.24) is 0 Å². The summed E-state index contributed by atoms with van der Waals surface area (Å²) in [6, 6.07) is 5.03. The van der Waals surface area contributed by atoms with E-state index in [9.17, 15) is 4.79 Å². The molecule has 0 aliphatic heterocycles. The van der Waals surface area contributed by atoms with Crippen molar-refractivity contribution in [2.75, 3.05) is 13.0 Å². The molecule has 0 aliphatic carbocycles. The predicted octanol–water partition coefficient (Wildman–Crippen LogP) is 3.49. The molecule has 0 aliphatic rings. The summed E-state index contributed by atoms with van der Waals surface area (Å²) in [5.41, 5.74) is 0.517. The van der Waals surface area contributed by atoms with Crippen molar-refractivity contribution in [2.45, 2.75) is 5.38 Å². The third kappa shape index (κ3) is 3.10. The number of ketones is 1. The van der Waals surface area contributed by atoms with Gasteiger partial charge in [-0.2, -0.15) is 0 Å². The van der Waals surface area contributed by atoms with Crippen LogP contribution >= 0.6 is 39.1 Å². The Balaban J connectivity index is 2.97. The van der Waals surface area contributed by atoms with Crippen LogP contribution in [0.2, 0.25) is 0 Å². The van der Waals surface area contributed by atoms with Gasteiger partial charge in [-0.1, -0.05) is 0 Å². The van der Waals surface area contributed by atoms with Gasteiger partial charge in [-0.15, -0.1) is 23.2 Å². The van der Waals surface area contributed by atoms with Crippen LogP contribution < -0.4 is 4.74 Å². The smallest absolute Gasteiger partial charge is 0.181 e. The molecule has 0 bridgehead atoms. The maximum absolute atomic E-state index is 11.6. The van der Waals surface area contributed by atoms with Crippen LogP contribution in [-0.4, -0.2) is 24.2 Å². The highest BCUT2D eigenvalue weighted by molar-refractivity contribution is 9.10. The maximum atomic E-state index is 11.6. The monoisotopic (exact) mass is 310 g/mol. The van der Waals surface area contributed by atoms with Crippen molar-refractivity contribution >= 4 is 44.9 Å². The van der Waals surface area contributed by atoms with E-state index < -0.39 is 5.38 Å². The minimum atomic E-state index is -0.688. The van der Waals surface area contributed by atoms with Crippen LogP contribution in [0.25, 0.3) is 0 Å². The van der Waals surface area contributed by atoms with Crippen molar-refractivity contribution in [2.24, 2.45) is 0 Å². The summed E-state index contributed by atoms with van der Waals surface area (Å²) in [5.74, 6) is 0.586. The number of ether oxygens (including phenoxy) is 1. The van der Waals surface area contributed by atoms with E-state index in [1.807, 2.05) is 0 Å². The maximum Gasteiger partial charge on any atom is 0.181 e. The summed E-state index contributed by atoms with van der Waals surface area (Å²) < 4.78 is 5.77. The largest absolute Gasteiger partial charge is 0.496 e. The Morgan fingerprint density at radius 3 is 2.73 bits per heavy atom. The lowest BCUT2D eigenvalue weighted by Gasteiger charge is -2.07. The van der Waals surface area contributed by atoms with E-state index in [1.54, 1.807) is 25.3 Å². The Morgan fingerprint density at radius 2 is 2.27 bits per heavy atom. The van der Waals surface area contributed by atoms with Gasteiger partial charge < -0.3 is 4.74 Å². The molecule has 0 N–H and O–H groups in total. The van der Waals surface area contributed by atoms with Gasteiger partial charge in [-0.3, -0.25) is 4.79 Å². The number of hydrogen-bond acceptors (Lipinski definition) is 2. The average Bonchev–Trinajstić information content (AvgIpc) is 2.26. The van der Waals surface area contributed by atoms with Gasteiger partial charge in [0.2, 0.25) is 0 Å². The third-order valence-electron chi connectivity index (χ3n) is 1.86. The fraction of sp³-hybridized carbons (Fsp3) is 0.300. The van der Waals surface area contributed by atoms with E-state index in [0.717, 1.165) is 0 Å². The molecule has 1 atom stereocenters. The number of benzene rings is 1. The number of Topliss-reactive ketones (excluding diaryl/α,β-unsaturated/α-hetero) is 1. The highest BCUT2D eigenvalue weighted by atomic mass is 79.9. The first-order valence-corrected chi connectivity index (χ1v) is 5.94. The van der Waals surface area contributed by atoms with Crippen molar-refractivity contribution < 1.29 is 9.53 Å². The van der Waals surface area contributed by atoms with Gasteiger partial charge in [0, 0.05) is 11.4 Å². The standard InChI is InChI=1S/C10H9BrCl2O2/c1-15-9-3-2-6(4-7(9)11)10(14)8(13)5-12/h2-4,8H,5H2,1H3. The summed E-state index contributed by atoms with van der Waals surface area (Å²) in [6.07, 6.45) is 0. The Hall–Kier alpha value is -0.250. The van der Waals surface area contributed by atoms with Gasteiger partial charge in [-0.05, 0) is 34.1 Å². The first-order chi connectivity index (χ1) is 7.10. The fourth-order valence-corrected chi connectivity index (χ4v) is 1.88. The molecule has 1 aromatic carbocycles. The summed E-state index contributed by atoms with van der Waals surface area (Å²) in [7, 11) is 1.56. The molecule has 0 amide bonds. The van der Waals surface area contributed by atoms with Crippen LogP contribution in [-0.2, 0) is 0 Å². The van der Waals surface area contributed by atoms with Crippen LogP contribution in [0.1, 0.15) is 10.4 Å². The molecule has 2 nitrogen and oxygen atoms in total. The van der Waals surface area contributed by atoms with Crippen molar-refractivity contribution in [3.8, 4) is 5.75 Å². The SMILES string of the molecule is COc1ccc(C(=O)C(Cl)CCl)cc1Br. The molecule has 0 saturated heterocycles. The topological polar surface area (TPSA) is 26.3 Å². The normalized spacial score (nSPS) is 12.3. The van der Waals surface area contributed by atoms with Crippen molar-refractivity contribution in [3.05, 3.63) is 28.2 Å². The lowest BCUT2D eigenvalue weighted by atomic mass is 10.1. The summed E-state index contributed by atoms with van der Waals surface area (Å²) in [6.45, 7) is 0. The zero-order valence-corrected chi connectivity index (χ0v) is 11.1. The molecule has 15 heavy (non-hydrogen) atoms. The fourth-order valence-electron chi connectivity index (χ4n) is 1.07. The van der Waals surface area contributed by atoms with E-state index in [-0.39, 0.29) is 11.7 Å². The summed E-state index contributed by atoms with van der Waals surface area (Å²) >= 11 is 14.5. The van der Waals surface area contributed by atoms with Crippen LogP contribution in [0.4, 0.5) is 0 Å². The number of hydrogen-bond donors (Lipinski definition) is 0. The van der Waals surface area contributed by atoms with Crippen LogP contribution in [0, 0.1) is 0 Å². The minimum Gasteiger partial charge on any atom is -0.496 e. The Bertz CT molecular complexity index is 368. The molecule has 0 aromatic heterocycles. The molecular formula is C10H9BrCl2O2. The Labute approximate surface area is 107 Å². The second-order valence-corrected chi connectivity index (χ2v) is 4.53. The lowest BCUT2D eigenvalue weighted by molar-refractivity contribution is 0.0992. The summed E-state index contributed by atoms with van der Waals surface area (Å²) in [4.78, 5) is 11.6. The van der Waals surface area contributed by atoms with Crippen LogP contribution in [0.3, 0.4) is 0 Å². The zero-order chi connectivity index (χ0) is 11.4. The molecule has 82 valence electrons. The number of carbonyl (C=O) groups excluding carboxylic acids is 1. The first kappa shape index (κ1) is 12.8. The van der Waals surface area contributed by atoms with Crippen molar-refractivity contribution in [1.29, 1.82) is 0 Å². The zero-order valence-electron chi connectivity index (χ0n) is 7.97. The highest BCUT2D eigenvalue weighted by Gasteiger charge is 2.17. The summed E-state index contributed by atoms with van der Waals surface area (Å²) in [5, 5.41) is -0.688. The van der Waals surface area contributed by atoms with Crippen LogP contribution in [0.15, 0.2) is 22.7 Å². The first-order valence-electron chi connectivity index (χ1n) is 4.18. The molecule has 1 unspecified atom stereocenters. The van der Waals surface area contributed by atoms with Gasteiger partial charge in [0.1, 0.15) is 11.1 Å². The molecular weight excluding hydrogens is 303 g/mol. The Kier molecular flexibility index (Phi) is 4.90. The molecule has 0 radical (unpaired) electrons. The molecule has 0 fully saturated rings. The number of alkyl halides is 2. The number of rotatable bonds is 4. The van der Waals surface area contributed by atoms with Crippen LogP contribution in [0.5, 0.6) is 5.75 Å². The highest BCUT2D eigenvalue weighted by Crippen LogP contribution is 2.26. The molecule has 0 heterocycles. The van der Waals surface area contributed by atoms with Gasteiger partial charge in [0.15, 0.2) is 5.78 Å². The second-order valence-electron chi connectivity index (χ2n) is 2.84. The number of methoxy groups -OCH3 is 1. The van der Waals surface area contributed by atoms with E-state index in [2.05, 4.69) is 15.9 Å². The van der Waals surface area contributed by atoms with Gasteiger partial charge >= 0.3 is 0 Å². The molecule has 1 aromatic rings.